The van der Waals surface area contributed by atoms with Crippen molar-refractivity contribution in [2.75, 3.05) is 11.9 Å². The fourth-order valence-corrected chi connectivity index (χ4v) is 3.29. The maximum absolute atomic E-state index is 12.8. The second-order valence-corrected chi connectivity index (χ2v) is 6.86. The second-order valence-electron chi connectivity index (χ2n) is 6.86. The average molecular weight is 382 g/mol. The van der Waals surface area contributed by atoms with Crippen molar-refractivity contribution in [3.8, 4) is 17.0 Å². The lowest BCUT2D eigenvalue weighted by molar-refractivity contribution is 0.102. The van der Waals surface area contributed by atoms with Crippen molar-refractivity contribution in [2.24, 2.45) is 0 Å². The highest BCUT2D eigenvalue weighted by molar-refractivity contribution is 6.07. The zero-order valence-electron chi connectivity index (χ0n) is 16.5. The second kappa shape index (κ2) is 8.15. The van der Waals surface area contributed by atoms with Crippen LogP contribution in [0.25, 0.3) is 22.2 Å². The molecule has 0 bridgehead atoms. The summed E-state index contributed by atoms with van der Waals surface area (Å²) in [5, 5.41) is 3.77. The van der Waals surface area contributed by atoms with Crippen LogP contribution in [0.5, 0.6) is 5.75 Å². The number of benzene rings is 3. The molecular weight excluding hydrogens is 360 g/mol. The van der Waals surface area contributed by atoms with Gasteiger partial charge in [-0.2, -0.15) is 0 Å². The quantitative estimate of drug-likeness (QED) is 0.470. The third kappa shape index (κ3) is 4.11. The molecule has 0 aliphatic carbocycles. The predicted molar refractivity (Wildman–Crippen MR) is 117 cm³/mol. The standard InChI is InChI=1S/C25H22N2O2/c1-3-29-24-16-23(18-9-5-4-6-10-18)27-22-13-12-19(15-21(22)24)25(28)26-20-11-7-8-17(2)14-20/h4-16H,3H2,1-2H3,(H,26,28). The van der Waals surface area contributed by atoms with Gasteiger partial charge < -0.3 is 10.1 Å². The van der Waals surface area contributed by atoms with Crippen molar-refractivity contribution in [1.29, 1.82) is 0 Å². The molecule has 1 N–H and O–H groups in total. The van der Waals surface area contributed by atoms with E-state index in [0.717, 1.165) is 39.2 Å². The fraction of sp³-hybridized carbons (Fsp3) is 0.120. The first-order valence-corrected chi connectivity index (χ1v) is 9.65. The molecule has 0 radical (unpaired) electrons. The Labute approximate surface area is 170 Å². The molecule has 1 heterocycles. The van der Waals surface area contributed by atoms with Gasteiger partial charge >= 0.3 is 0 Å². The number of nitrogens with one attached hydrogen (secondary N) is 1. The molecule has 0 atom stereocenters. The van der Waals surface area contributed by atoms with E-state index in [4.69, 9.17) is 9.72 Å². The van der Waals surface area contributed by atoms with E-state index in [1.165, 1.54) is 0 Å². The van der Waals surface area contributed by atoms with Crippen LogP contribution in [-0.2, 0) is 0 Å². The van der Waals surface area contributed by atoms with Crippen LogP contribution >= 0.6 is 0 Å². The van der Waals surface area contributed by atoms with Crippen molar-refractivity contribution < 1.29 is 9.53 Å². The van der Waals surface area contributed by atoms with Crippen LogP contribution in [0.3, 0.4) is 0 Å². The molecule has 0 saturated carbocycles. The molecule has 0 unspecified atom stereocenters. The molecule has 1 amide bonds. The minimum Gasteiger partial charge on any atom is -0.493 e. The molecule has 3 aromatic carbocycles. The third-order valence-electron chi connectivity index (χ3n) is 4.68. The number of carbonyl (C=O) groups is 1. The van der Waals surface area contributed by atoms with Crippen molar-refractivity contribution in [2.45, 2.75) is 13.8 Å². The molecule has 0 aliphatic heterocycles. The zero-order valence-corrected chi connectivity index (χ0v) is 16.5. The lowest BCUT2D eigenvalue weighted by atomic mass is 10.1. The molecule has 0 spiro atoms. The van der Waals surface area contributed by atoms with Gasteiger partial charge in [-0.15, -0.1) is 0 Å². The summed E-state index contributed by atoms with van der Waals surface area (Å²) in [4.78, 5) is 17.5. The molecule has 1 aromatic heterocycles. The van der Waals surface area contributed by atoms with Gasteiger partial charge in [-0.25, -0.2) is 4.98 Å². The van der Waals surface area contributed by atoms with E-state index in [2.05, 4.69) is 5.32 Å². The van der Waals surface area contributed by atoms with Gasteiger partial charge in [0, 0.05) is 28.3 Å². The van der Waals surface area contributed by atoms with Crippen LogP contribution in [0.15, 0.2) is 78.9 Å². The first kappa shape index (κ1) is 18.7. The Kier molecular flexibility index (Phi) is 5.25. The number of carbonyl (C=O) groups excluding carboxylic acids is 1. The van der Waals surface area contributed by atoms with Crippen LogP contribution in [0.2, 0.25) is 0 Å². The van der Waals surface area contributed by atoms with Gasteiger partial charge in [-0.1, -0.05) is 42.5 Å². The Morgan fingerprint density at radius 2 is 1.79 bits per heavy atom. The van der Waals surface area contributed by atoms with Gasteiger partial charge in [-0.05, 0) is 49.7 Å². The highest BCUT2D eigenvalue weighted by atomic mass is 16.5. The van der Waals surface area contributed by atoms with Gasteiger partial charge in [0.2, 0.25) is 0 Å². The molecule has 144 valence electrons. The van der Waals surface area contributed by atoms with Crippen LogP contribution in [0.1, 0.15) is 22.8 Å². The molecule has 4 aromatic rings. The van der Waals surface area contributed by atoms with E-state index in [0.29, 0.717) is 12.2 Å². The van der Waals surface area contributed by atoms with Gasteiger partial charge in [0.1, 0.15) is 5.75 Å². The lowest BCUT2D eigenvalue weighted by Crippen LogP contribution is -2.12. The number of aromatic nitrogens is 1. The summed E-state index contributed by atoms with van der Waals surface area (Å²) in [7, 11) is 0. The number of pyridine rings is 1. The molecule has 0 saturated heterocycles. The van der Waals surface area contributed by atoms with Gasteiger partial charge in [0.25, 0.3) is 5.91 Å². The fourth-order valence-electron chi connectivity index (χ4n) is 3.29. The Morgan fingerprint density at radius 3 is 2.55 bits per heavy atom. The molecule has 0 aliphatic rings. The summed E-state index contributed by atoms with van der Waals surface area (Å²) in [5.74, 6) is 0.564. The molecular formula is C25H22N2O2. The number of nitrogens with zero attached hydrogens (tertiary/aromatic N) is 1. The number of anilines is 1. The van der Waals surface area contributed by atoms with E-state index in [1.807, 2.05) is 86.6 Å². The normalized spacial score (nSPS) is 10.7. The highest BCUT2D eigenvalue weighted by Crippen LogP contribution is 2.31. The zero-order chi connectivity index (χ0) is 20.2. The van der Waals surface area contributed by atoms with Gasteiger partial charge in [0.05, 0.1) is 17.8 Å². The number of hydrogen-bond acceptors (Lipinski definition) is 3. The van der Waals surface area contributed by atoms with Gasteiger partial charge in [0.15, 0.2) is 0 Å². The number of amides is 1. The number of fused-ring (bicyclic) bond motifs is 1. The summed E-state index contributed by atoms with van der Waals surface area (Å²) in [5.41, 5.74) is 5.10. The lowest BCUT2D eigenvalue weighted by Gasteiger charge is -2.12. The summed E-state index contributed by atoms with van der Waals surface area (Å²) in [6.45, 7) is 4.48. The maximum Gasteiger partial charge on any atom is 0.255 e. The summed E-state index contributed by atoms with van der Waals surface area (Å²) in [6.07, 6.45) is 0. The van der Waals surface area contributed by atoms with Crippen molar-refractivity contribution in [3.63, 3.8) is 0 Å². The van der Waals surface area contributed by atoms with Crippen LogP contribution < -0.4 is 10.1 Å². The van der Waals surface area contributed by atoms with Crippen molar-refractivity contribution in [3.05, 3.63) is 90.0 Å². The minimum absolute atomic E-state index is 0.160. The molecule has 0 fully saturated rings. The monoisotopic (exact) mass is 382 g/mol. The molecule has 4 nitrogen and oxygen atoms in total. The number of rotatable bonds is 5. The minimum atomic E-state index is -0.160. The van der Waals surface area contributed by atoms with Crippen molar-refractivity contribution in [1.82, 2.24) is 4.98 Å². The number of aryl methyl sites for hydroxylation is 1. The van der Waals surface area contributed by atoms with Crippen molar-refractivity contribution >= 4 is 22.5 Å². The molecule has 29 heavy (non-hydrogen) atoms. The van der Waals surface area contributed by atoms with E-state index < -0.39 is 0 Å². The Bertz CT molecular complexity index is 1170. The molecule has 4 rings (SSSR count). The van der Waals surface area contributed by atoms with E-state index >= 15 is 0 Å². The Morgan fingerprint density at radius 1 is 0.966 bits per heavy atom. The largest absolute Gasteiger partial charge is 0.493 e. The first-order chi connectivity index (χ1) is 14.1. The maximum atomic E-state index is 12.8. The van der Waals surface area contributed by atoms with E-state index in [-0.39, 0.29) is 5.91 Å². The SMILES string of the molecule is CCOc1cc(-c2ccccc2)nc2ccc(C(=O)Nc3cccc(C)c3)cc12. The highest BCUT2D eigenvalue weighted by Gasteiger charge is 2.13. The van der Waals surface area contributed by atoms with E-state index in [1.54, 1.807) is 6.07 Å². The molecule has 4 heteroatoms. The number of hydrogen-bond donors (Lipinski definition) is 1. The average Bonchev–Trinajstić information content (AvgIpc) is 2.74. The van der Waals surface area contributed by atoms with Crippen LogP contribution in [-0.4, -0.2) is 17.5 Å². The topological polar surface area (TPSA) is 51.2 Å². The number of ether oxygens (including phenoxy) is 1. The predicted octanol–water partition coefficient (Wildman–Crippen LogP) is 5.86. The van der Waals surface area contributed by atoms with Crippen LogP contribution in [0.4, 0.5) is 5.69 Å². The van der Waals surface area contributed by atoms with Crippen LogP contribution in [0, 0.1) is 6.92 Å². The third-order valence-corrected chi connectivity index (χ3v) is 4.68. The summed E-state index contributed by atoms with van der Waals surface area (Å²) in [6, 6.07) is 25.2. The van der Waals surface area contributed by atoms with Gasteiger partial charge in [-0.3, -0.25) is 4.79 Å². The summed E-state index contributed by atoms with van der Waals surface area (Å²) < 4.78 is 5.88. The Balaban J connectivity index is 1.72. The van der Waals surface area contributed by atoms with E-state index in [9.17, 15) is 4.79 Å². The Hall–Kier alpha value is -3.66. The first-order valence-electron chi connectivity index (χ1n) is 9.65. The summed E-state index contributed by atoms with van der Waals surface area (Å²) >= 11 is 0. The smallest absolute Gasteiger partial charge is 0.255 e.